The van der Waals surface area contributed by atoms with E-state index in [4.69, 9.17) is 0 Å². The van der Waals surface area contributed by atoms with Crippen molar-refractivity contribution < 1.29 is 4.79 Å². The molecule has 3 heteroatoms. The molecular formula is C11H6N2O. The van der Waals surface area contributed by atoms with Gasteiger partial charge >= 0.3 is 0 Å². The number of hydrogen-bond donors (Lipinski definition) is 0. The van der Waals surface area contributed by atoms with Crippen LogP contribution in [-0.2, 0) is 4.79 Å². The number of rotatable bonds is 0. The zero-order chi connectivity index (χ0) is 9.54. The lowest BCUT2D eigenvalue weighted by Crippen LogP contribution is -2.29. The molecule has 2 heterocycles. The van der Waals surface area contributed by atoms with Crippen molar-refractivity contribution in [3.63, 3.8) is 0 Å². The molecule has 1 amide bonds. The fraction of sp³-hybridized carbons (Fsp3) is 0. The SMILES string of the molecule is O=C1C=Cc2ccc3c(c2=N1)=CC=N3. The van der Waals surface area contributed by atoms with Crippen molar-refractivity contribution in [3.8, 4) is 0 Å². The monoisotopic (exact) mass is 182 g/mol. The molecule has 2 aliphatic rings. The number of fused-ring (bicyclic) bond motifs is 3. The van der Waals surface area contributed by atoms with Crippen LogP contribution in [0.15, 0.2) is 28.2 Å². The highest BCUT2D eigenvalue weighted by molar-refractivity contribution is 5.98. The normalized spacial score (nSPS) is 15.9. The van der Waals surface area contributed by atoms with Gasteiger partial charge in [-0.1, -0.05) is 6.07 Å². The first-order valence-electron chi connectivity index (χ1n) is 4.33. The molecule has 0 spiro atoms. The minimum absolute atomic E-state index is 0.203. The maximum atomic E-state index is 11.1. The van der Waals surface area contributed by atoms with Gasteiger partial charge < -0.3 is 0 Å². The number of carbonyl (C=O) groups excluding carboxylic acids is 1. The van der Waals surface area contributed by atoms with E-state index in [1.54, 1.807) is 12.3 Å². The first-order valence-corrected chi connectivity index (χ1v) is 4.33. The number of aliphatic imine (C=N–C) groups is 1. The highest BCUT2D eigenvalue weighted by Gasteiger charge is 2.08. The van der Waals surface area contributed by atoms with Crippen molar-refractivity contribution in [2.24, 2.45) is 9.98 Å². The summed E-state index contributed by atoms with van der Waals surface area (Å²) in [5, 5.41) is 1.69. The van der Waals surface area contributed by atoms with Crippen LogP contribution < -0.4 is 10.6 Å². The standard InChI is InChI=1S/C11H6N2O/c14-10-4-2-7-1-3-9-8(5-6-12-9)11(7)13-10/h1-6H. The summed E-state index contributed by atoms with van der Waals surface area (Å²) in [5.74, 6) is -0.203. The largest absolute Gasteiger partial charge is 0.270 e. The van der Waals surface area contributed by atoms with Gasteiger partial charge in [0.15, 0.2) is 0 Å². The van der Waals surface area contributed by atoms with Gasteiger partial charge in [-0.3, -0.25) is 9.79 Å². The molecule has 0 aromatic heterocycles. The summed E-state index contributed by atoms with van der Waals surface area (Å²) in [6.45, 7) is 0. The van der Waals surface area contributed by atoms with E-state index in [1.165, 1.54) is 6.08 Å². The van der Waals surface area contributed by atoms with Crippen LogP contribution in [0.25, 0.3) is 12.2 Å². The lowest BCUT2D eigenvalue weighted by molar-refractivity contribution is -0.113. The molecule has 3 rings (SSSR count). The maximum absolute atomic E-state index is 11.1. The predicted octanol–water partition coefficient (Wildman–Crippen LogP) is 0.356. The summed E-state index contributed by atoms with van der Waals surface area (Å²) in [6.07, 6.45) is 6.87. The van der Waals surface area contributed by atoms with Crippen LogP contribution in [0, 0.1) is 0 Å². The van der Waals surface area contributed by atoms with E-state index in [2.05, 4.69) is 9.98 Å². The number of carbonyl (C=O) groups is 1. The molecule has 0 saturated heterocycles. The summed E-state index contributed by atoms with van der Waals surface area (Å²) in [6, 6.07) is 3.86. The van der Waals surface area contributed by atoms with E-state index in [9.17, 15) is 4.79 Å². The summed E-state index contributed by atoms with van der Waals surface area (Å²) < 4.78 is 0. The molecule has 0 aliphatic carbocycles. The van der Waals surface area contributed by atoms with E-state index in [0.29, 0.717) is 0 Å². The molecular weight excluding hydrogens is 176 g/mol. The third-order valence-corrected chi connectivity index (χ3v) is 2.31. The fourth-order valence-corrected chi connectivity index (χ4v) is 1.65. The number of nitrogens with zero attached hydrogens (tertiary/aromatic N) is 2. The van der Waals surface area contributed by atoms with Gasteiger partial charge in [-0.15, -0.1) is 0 Å². The van der Waals surface area contributed by atoms with Crippen molar-refractivity contribution >= 4 is 30.0 Å². The van der Waals surface area contributed by atoms with Crippen molar-refractivity contribution in [2.45, 2.75) is 0 Å². The molecule has 2 aliphatic heterocycles. The Hall–Kier alpha value is -2.03. The molecule has 0 fully saturated rings. The van der Waals surface area contributed by atoms with Crippen LogP contribution in [0.5, 0.6) is 0 Å². The molecule has 1 aromatic rings. The Morgan fingerprint density at radius 2 is 2.07 bits per heavy atom. The van der Waals surface area contributed by atoms with Crippen molar-refractivity contribution in [3.05, 3.63) is 34.3 Å². The predicted molar refractivity (Wildman–Crippen MR) is 53.9 cm³/mol. The van der Waals surface area contributed by atoms with Gasteiger partial charge in [0.2, 0.25) is 0 Å². The Morgan fingerprint density at radius 3 is 3.00 bits per heavy atom. The Morgan fingerprint density at radius 1 is 1.14 bits per heavy atom. The second-order valence-corrected chi connectivity index (χ2v) is 3.16. The molecule has 66 valence electrons. The first kappa shape index (κ1) is 7.38. The molecule has 0 saturated carbocycles. The fourth-order valence-electron chi connectivity index (χ4n) is 1.65. The molecule has 0 unspecified atom stereocenters. The number of hydrogen-bond acceptors (Lipinski definition) is 2. The van der Waals surface area contributed by atoms with Gasteiger partial charge in [-0.05, 0) is 18.2 Å². The van der Waals surface area contributed by atoms with Gasteiger partial charge in [0.1, 0.15) is 0 Å². The van der Waals surface area contributed by atoms with Gasteiger partial charge in [-0.25, -0.2) is 4.99 Å². The maximum Gasteiger partial charge on any atom is 0.270 e. The van der Waals surface area contributed by atoms with Crippen LogP contribution in [0.4, 0.5) is 5.69 Å². The topological polar surface area (TPSA) is 41.8 Å². The third kappa shape index (κ3) is 0.893. The van der Waals surface area contributed by atoms with Gasteiger partial charge in [0, 0.05) is 23.1 Å². The summed E-state index contributed by atoms with van der Waals surface area (Å²) >= 11 is 0. The third-order valence-electron chi connectivity index (χ3n) is 2.31. The van der Waals surface area contributed by atoms with E-state index in [-0.39, 0.29) is 5.91 Å². The minimum atomic E-state index is -0.203. The summed E-state index contributed by atoms with van der Waals surface area (Å²) in [5.41, 5.74) is 1.86. The Bertz CT molecular complexity index is 609. The summed E-state index contributed by atoms with van der Waals surface area (Å²) in [7, 11) is 0. The van der Waals surface area contributed by atoms with Crippen molar-refractivity contribution in [1.29, 1.82) is 0 Å². The lowest BCUT2D eigenvalue weighted by atomic mass is 10.1. The van der Waals surface area contributed by atoms with Crippen LogP contribution in [-0.4, -0.2) is 12.1 Å². The molecule has 0 radical (unpaired) electrons. The summed E-state index contributed by atoms with van der Waals surface area (Å²) in [4.78, 5) is 19.3. The van der Waals surface area contributed by atoms with E-state index in [1.807, 2.05) is 18.2 Å². The average molecular weight is 182 g/mol. The van der Waals surface area contributed by atoms with Crippen LogP contribution >= 0.6 is 0 Å². The minimum Gasteiger partial charge on any atom is -0.267 e. The lowest BCUT2D eigenvalue weighted by Gasteiger charge is -2.01. The van der Waals surface area contributed by atoms with E-state index < -0.39 is 0 Å². The second-order valence-electron chi connectivity index (χ2n) is 3.16. The highest BCUT2D eigenvalue weighted by Crippen LogP contribution is 2.08. The quantitative estimate of drug-likeness (QED) is 0.571. The number of amides is 1. The Balaban J connectivity index is 2.51. The van der Waals surface area contributed by atoms with Crippen LogP contribution in [0.2, 0.25) is 0 Å². The zero-order valence-corrected chi connectivity index (χ0v) is 7.27. The van der Waals surface area contributed by atoms with Crippen LogP contribution in [0.3, 0.4) is 0 Å². The average Bonchev–Trinajstić information content (AvgIpc) is 2.65. The number of benzene rings is 1. The first-order chi connectivity index (χ1) is 6.84. The molecule has 3 nitrogen and oxygen atoms in total. The van der Waals surface area contributed by atoms with Crippen molar-refractivity contribution in [2.75, 3.05) is 0 Å². The molecule has 0 bridgehead atoms. The molecule has 1 aromatic carbocycles. The Labute approximate surface area is 79.8 Å². The van der Waals surface area contributed by atoms with Gasteiger partial charge in [0.25, 0.3) is 5.91 Å². The molecule has 14 heavy (non-hydrogen) atoms. The molecule has 0 N–H and O–H groups in total. The molecule has 0 atom stereocenters. The Kier molecular flexibility index (Phi) is 1.31. The highest BCUT2D eigenvalue weighted by atomic mass is 16.1. The smallest absolute Gasteiger partial charge is 0.267 e. The zero-order valence-electron chi connectivity index (χ0n) is 7.27. The second kappa shape index (κ2) is 2.48. The van der Waals surface area contributed by atoms with E-state index in [0.717, 1.165) is 21.8 Å². The van der Waals surface area contributed by atoms with Gasteiger partial charge in [-0.2, -0.15) is 0 Å². The van der Waals surface area contributed by atoms with E-state index >= 15 is 0 Å². The van der Waals surface area contributed by atoms with Crippen LogP contribution in [0.1, 0.15) is 5.56 Å². The van der Waals surface area contributed by atoms with Crippen molar-refractivity contribution in [1.82, 2.24) is 0 Å². The van der Waals surface area contributed by atoms with Gasteiger partial charge in [0.05, 0.1) is 11.0 Å².